The van der Waals surface area contributed by atoms with Crippen LogP contribution in [0.15, 0.2) is 18.2 Å². The Bertz CT molecular complexity index is 539. The molecule has 0 aromatic heterocycles. The second-order valence-electron chi connectivity index (χ2n) is 6.56. The summed E-state index contributed by atoms with van der Waals surface area (Å²) >= 11 is 0. The predicted molar refractivity (Wildman–Crippen MR) is 86.7 cm³/mol. The van der Waals surface area contributed by atoms with Crippen molar-refractivity contribution in [2.24, 2.45) is 0 Å². The van der Waals surface area contributed by atoms with Crippen molar-refractivity contribution >= 4 is 17.3 Å². The molecule has 1 aromatic carbocycles. The Morgan fingerprint density at radius 3 is 2.76 bits per heavy atom. The lowest BCUT2D eigenvalue weighted by molar-refractivity contribution is -0.114. The van der Waals surface area contributed by atoms with Gasteiger partial charge in [0.2, 0.25) is 5.91 Å². The summed E-state index contributed by atoms with van der Waals surface area (Å²) in [5.41, 5.74) is 3.09. The van der Waals surface area contributed by atoms with Crippen molar-refractivity contribution in [3.8, 4) is 0 Å². The van der Waals surface area contributed by atoms with Gasteiger partial charge < -0.3 is 10.6 Å². The Hall–Kier alpha value is -1.55. The van der Waals surface area contributed by atoms with Crippen molar-refractivity contribution in [1.82, 2.24) is 4.90 Å². The summed E-state index contributed by atoms with van der Waals surface area (Å²) in [5, 5.41) is 6.53. The summed E-state index contributed by atoms with van der Waals surface area (Å²) in [7, 11) is 0. The molecule has 1 heterocycles. The maximum Gasteiger partial charge on any atom is 0.221 e. The monoisotopic (exact) mass is 287 g/mol. The molecule has 2 N–H and O–H groups in total. The van der Waals surface area contributed by atoms with Crippen molar-refractivity contribution in [3.05, 3.63) is 23.8 Å². The molecule has 1 amide bonds. The average Bonchev–Trinajstić information content (AvgIpc) is 3.18. The van der Waals surface area contributed by atoms with Crippen LogP contribution in [-0.2, 0) is 4.79 Å². The fourth-order valence-electron chi connectivity index (χ4n) is 3.35. The highest BCUT2D eigenvalue weighted by Gasteiger charge is 2.38. The van der Waals surface area contributed by atoms with Gasteiger partial charge in [0.25, 0.3) is 0 Å². The Kier molecular flexibility index (Phi) is 3.89. The molecule has 1 saturated heterocycles. The van der Waals surface area contributed by atoms with Gasteiger partial charge in [-0.3, -0.25) is 9.69 Å². The van der Waals surface area contributed by atoms with Gasteiger partial charge in [-0.15, -0.1) is 0 Å². The number of rotatable bonds is 4. The molecule has 1 aromatic rings. The van der Waals surface area contributed by atoms with Gasteiger partial charge in [-0.05, 0) is 50.8 Å². The molecule has 2 aliphatic rings. The molecule has 4 nitrogen and oxygen atoms in total. The molecule has 2 fully saturated rings. The van der Waals surface area contributed by atoms with Crippen LogP contribution in [0, 0.1) is 6.92 Å². The van der Waals surface area contributed by atoms with E-state index in [0.717, 1.165) is 29.5 Å². The number of hydrogen-bond acceptors (Lipinski definition) is 3. The zero-order valence-corrected chi connectivity index (χ0v) is 13.1. The molecule has 1 aliphatic carbocycles. The van der Waals surface area contributed by atoms with E-state index in [0.29, 0.717) is 12.1 Å². The summed E-state index contributed by atoms with van der Waals surface area (Å²) in [6.07, 6.45) is 3.93. The smallest absolute Gasteiger partial charge is 0.221 e. The molecular weight excluding hydrogens is 262 g/mol. The first-order chi connectivity index (χ1) is 10.0. The molecule has 1 aliphatic heterocycles. The van der Waals surface area contributed by atoms with Gasteiger partial charge in [0.1, 0.15) is 0 Å². The molecule has 4 heteroatoms. The van der Waals surface area contributed by atoms with Gasteiger partial charge >= 0.3 is 0 Å². The topological polar surface area (TPSA) is 44.4 Å². The van der Waals surface area contributed by atoms with Crippen molar-refractivity contribution in [1.29, 1.82) is 0 Å². The van der Waals surface area contributed by atoms with Crippen LogP contribution < -0.4 is 10.6 Å². The Balaban J connectivity index is 1.66. The highest BCUT2D eigenvalue weighted by Crippen LogP contribution is 2.34. The Morgan fingerprint density at radius 1 is 1.33 bits per heavy atom. The SMILES string of the molecule is CC(=O)Nc1cc(NC2CC(C)N(C3CC3)C2)ccc1C. The van der Waals surface area contributed by atoms with E-state index in [1.54, 1.807) is 6.92 Å². The van der Waals surface area contributed by atoms with Gasteiger partial charge in [0.05, 0.1) is 0 Å². The largest absolute Gasteiger partial charge is 0.381 e. The lowest BCUT2D eigenvalue weighted by atomic mass is 10.1. The summed E-state index contributed by atoms with van der Waals surface area (Å²) in [4.78, 5) is 13.9. The summed E-state index contributed by atoms with van der Waals surface area (Å²) in [6, 6.07) is 8.22. The number of carbonyl (C=O) groups is 1. The first kappa shape index (κ1) is 14.4. The number of anilines is 2. The molecule has 114 valence electrons. The maximum absolute atomic E-state index is 11.3. The maximum atomic E-state index is 11.3. The number of benzene rings is 1. The highest BCUT2D eigenvalue weighted by atomic mass is 16.1. The van der Waals surface area contributed by atoms with Gasteiger partial charge in [0.15, 0.2) is 0 Å². The third-order valence-corrected chi connectivity index (χ3v) is 4.56. The second-order valence-corrected chi connectivity index (χ2v) is 6.56. The Morgan fingerprint density at radius 2 is 2.10 bits per heavy atom. The van der Waals surface area contributed by atoms with E-state index >= 15 is 0 Å². The number of aryl methyl sites for hydroxylation is 1. The molecule has 21 heavy (non-hydrogen) atoms. The van der Waals surface area contributed by atoms with E-state index in [2.05, 4.69) is 34.6 Å². The van der Waals surface area contributed by atoms with E-state index in [4.69, 9.17) is 0 Å². The normalized spacial score (nSPS) is 25.9. The highest BCUT2D eigenvalue weighted by molar-refractivity contribution is 5.90. The van der Waals surface area contributed by atoms with Crippen molar-refractivity contribution in [2.75, 3.05) is 17.2 Å². The average molecular weight is 287 g/mol. The van der Waals surface area contributed by atoms with Crippen LogP contribution in [-0.4, -0.2) is 35.5 Å². The van der Waals surface area contributed by atoms with E-state index in [9.17, 15) is 4.79 Å². The fourth-order valence-corrected chi connectivity index (χ4v) is 3.35. The van der Waals surface area contributed by atoms with Gasteiger partial charge in [0, 0.05) is 43.0 Å². The minimum Gasteiger partial charge on any atom is -0.381 e. The third kappa shape index (κ3) is 3.38. The number of likely N-dealkylation sites (tertiary alicyclic amines) is 1. The Labute approximate surface area is 126 Å². The molecular formula is C17H25N3O. The van der Waals surface area contributed by atoms with Crippen LogP contribution >= 0.6 is 0 Å². The van der Waals surface area contributed by atoms with E-state index in [1.165, 1.54) is 19.3 Å². The van der Waals surface area contributed by atoms with Crippen LogP contribution in [0.4, 0.5) is 11.4 Å². The molecule has 0 radical (unpaired) electrons. The molecule has 0 spiro atoms. The quantitative estimate of drug-likeness (QED) is 0.895. The number of nitrogens with one attached hydrogen (secondary N) is 2. The van der Waals surface area contributed by atoms with Gasteiger partial charge in [-0.1, -0.05) is 6.07 Å². The zero-order chi connectivity index (χ0) is 15.0. The third-order valence-electron chi connectivity index (χ3n) is 4.56. The zero-order valence-electron chi connectivity index (χ0n) is 13.1. The number of carbonyl (C=O) groups excluding carboxylic acids is 1. The van der Waals surface area contributed by atoms with E-state index < -0.39 is 0 Å². The molecule has 1 saturated carbocycles. The van der Waals surface area contributed by atoms with Crippen LogP contribution in [0.1, 0.15) is 38.7 Å². The molecule has 2 atom stereocenters. The first-order valence-corrected chi connectivity index (χ1v) is 7.93. The number of amides is 1. The first-order valence-electron chi connectivity index (χ1n) is 7.93. The van der Waals surface area contributed by atoms with Crippen molar-refractivity contribution in [2.45, 2.75) is 58.2 Å². The number of hydrogen-bond donors (Lipinski definition) is 2. The van der Waals surface area contributed by atoms with E-state index in [1.807, 2.05) is 13.0 Å². The van der Waals surface area contributed by atoms with Crippen molar-refractivity contribution < 1.29 is 4.79 Å². The van der Waals surface area contributed by atoms with Crippen molar-refractivity contribution in [3.63, 3.8) is 0 Å². The van der Waals surface area contributed by atoms with Gasteiger partial charge in [-0.25, -0.2) is 0 Å². The standard InChI is InChI=1S/C17H25N3O/c1-11-4-5-14(9-17(11)18-13(3)21)19-15-8-12(2)20(10-15)16-6-7-16/h4-5,9,12,15-16,19H,6-8,10H2,1-3H3,(H,18,21). The fraction of sp³-hybridized carbons (Fsp3) is 0.588. The summed E-state index contributed by atoms with van der Waals surface area (Å²) in [5.74, 6) is -0.0235. The lowest BCUT2D eigenvalue weighted by Gasteiger charge is -2.20. The van der Waals surface area contributed by atoms with Gasteiger partial charge in [-0.2, -0.15) is 0 Å². The minimum atomic E-state index is -0.0235. The van der Waals surface area contributed by atoms with Crippen LogP contribution in [0.2, 0.25) is 0 Å². The van der Waals surface area contributed by atoms with Crippen LogP contribution in [0.25, 0.3) is 0 Å². The predicted octanol–water partition coefficient (Wildman–Crippen LogP) is 2.99. The summed E-state index contributed by atoms with van der Waals surface area (Å²) in [6.45, 7) is 7.03. The minimum absolute atomic E-state index is 0.0235. The second kappa shape index (κ2) is 5.68. The molecule has 2 unspecified atom stereocenters. The lowest BCUT2D eigenvalue weighted by Crippen LogP contribution is -2.31. The van der Waals surface area contributed by atoms with Crippen LogP contribution in [0.5, 0.6) is 0 Å². The number of nitrogens with zero attached hydrogens (tertiary/aromatic N) is 1. The summed E-state index contributed by atoms with van der Waals surface area (Å²) < 4.78 is 0. The van der Waals surface area contributed by atoms with Crippen LogP contribution in [0.3, 0.4) is 0 Å². The molecule has 3 rings (SSSR count). The molecule has 0 bridgehead atoms. The van der Waals surface area contributed by atoms with E-state index in [-0.39, 0.29) is 5.91 Å².